The van der Waals surface area contributed by atoms with Gasteiger partial charge in [-0.3, -0.25) is 0 Å². The highest BCUT2D eigenvalue weighted by Gasteiger charge is 2.09. The van der Waals surface area contributed by atoms with E-state index in [0.29, 0.717) is 11.6 Å². The Hall–Kier alpha value is -1.42. The van der Waals surface area contributed by atoms with Crippen molar-refractivity contribution < 1.29 is 9.76 Å². The molecule has 1 aromatic rings. The van der Waals surface area contributed by atoms with Gasteiger partial charge in [-0.25, -0.2) is 0 Å². The first kappa shape index (κ1) is 11.7. The zero-order valence-electron chi connectivity index (χ0n) is 9.32. The molecule has 0 aliphatic heterocycles. The third-order valence-electron chi connectivity index (χ3n) is 2.21. The van der Waals surface area contributed by atoms with E-state index in [2.05, 4.69) is 0 Å². The lowest BCUT2D eigenvalue weighted by molar-refractivity contribution is 0.416. The predicted octanol–water partition coefficient (Wildman–Crippen LogP) is 1.01. The minimum atomic E-state index is -0.500. The van der Waals surface area contributed by atoms with Gasteiger partial charge in [-0.15, -0.1) is 0 Å². The van der Waals surface area contributed by atoms with E-state index in [4.69, 9.17) is 10.5 Å². The van der Waals surface area contributed by atoms with E-state index in [1.165, 1.54) is 0 Å². The van der Waals surface area contributed by atoms with Gasteiger partial charge >= 0.3 is 6.92 Å². The third-order valence-corrected chi connectivity index (χ3v) is 2.21. The van der Waals surface area contributed by atoms with Crippen molar-refractivity contribution in [2.75, 3.05) is 0 Å². The average Bonchev–Trinajstić information content (AvgIpc) is 2.20. The van der Waals surface area contributed by atoms with Gasteiger partial charge in [0.1, 0.15) is 5.75 Å². The van der Waals surface area contributed by atoms with Gasteiger partial charge in [0.15, 0.2) is 5.88 Å². The normalized spacial score (nSPS) is 11.3. The summed E-state index contributed by atoms with van der Waals surface area (Å²) in [6.07, 6.45) is 1.69. The maximum absolute atomic E-state index is 9.43. The molecule has 1 aromatic carbocycles. The lowest BCUT2D eigenvalue weighted by Crippen LogP contribution is -2.26. The zero-order valence-corrected chi connectivity index (χ0v) is 9.32. The summed E-state index contributed by atoms with van der Waals surface area (Å²) in [7, 11) is 0. The number of hydrogen-bond acceptors (Lipinski definition) is 3. The molecule has 4 heteroatoms. The van der Waals surface area contributed by atoms with Crippen LogP contribution in [0, 0.1) is 6.92 Å². The molecular weight excluding hydrogens is 189 g/mol. The van der Waals surface area contributed by atoms with Crippen molar-refractivity contribution in [1.82, 2.24) is 0 Å². The van der Waals surface area contributed by atoms with Gasteiger partial charge in [0, 0.05) is 0 Å². The quantitative estimate of drug-likeness (QED) is 0.572. The summed E-state index contributed by atoms with van der Waals surface area (Å²) in [5.41, 5.74) is 7.39. The Balaban J connectivity index is 3.00. The molecular formula is C11H16BNO2. The van der Waals surface area contributed by atoms with E-state index >= 15 is 0 Å². The molecule has 0 bridgehead atoms. The molecule has 0 aliphatic carbocycles. The topological polar surface area (TPSA) is 55.5 Å². The van der Waals surface area contributed by atoms with Gasteiger partial charge in [0.05, 0.1) is 0 Å². The number of aryl methyl sites for hydroxylation is 1. The van der Waals surface area contributed by atoms with E-state index in [1.807, 2.05) is 26.0 Å². The minimum absolute atomic E-state index is 0.362. The zero-order chi connectivity index (χ0) is 11.4. The van der Waals surface area contributed by atoms with Gasteiger partial charge < -0.3 is 15.5 Å². The Kier molecular flexibility index (Phi) is 3.80. The van der Waals surface area contributed by atoms with Crippen LogP contribution in [0.4, 0.5) is 0 Å². The fraction of sp³-hybridized carbons (Fsp3) is 0.273. The number of hydrogen-bond donors (Lipinski definition) is 2. The molecule has 80 valence electrons. The lowest BCUT2D eigenvalue weighted by Gasteiger charge is -2.10. The molecule has 0 unspecified atom stereocenters. The number of benzene rings is 1. The second-order valence-electron chi connectivity index (χ2n) is 3.49. The molecule has 3 nitrogen and oxygen atoms in total. The summed E-state index contributed by atoms with van der Waals surface area (Å²) in [5.74, 6) is 1.05. The molecule has 0 aliphatic rings. The Morgan fingerprint density at radius 2 is 2.20 bits per heavy atom. The van der Waals surface area contributed by atoms with Gasteiger partial charge in [0.25, 0.3) is 0 Å². The average molecular weight is 205 g/mol. The maximum Gasteiger partial charge on any atom is 0.320 e. The summed E-state index contributed by atoms with van der Waals surface area (Å²) < 4.78 is 5.41. The Morgan fingerprint density at radius 3 is 2.73 bits per heavy atom. The maximum atomic E-state index is 9.43. The van der Waals surface area contributed by atoms with E-state index in [-0.39, 0.29) is 0 Å². The van der Waals surface area contributed by atoms with Crippen molar-refractivity contribution in [3.05, 3.63) is 35.7 Å². The fourth-order valence-electron chi connectivity index (χ4n) is 1.17. The summed E-state index contributed by atoms with van der Waals surface area (Å²) in [6, 6.07) is 5.58. The van der Waals surface area contributed by atoms with Crippen molar-refractivity contribution in [1.29, 1.82) is 0 Å². The molecule has 0 spiro atoms. The van der Waals surface area contributed by atoms with Crippen LogP contribution >= 0.6 is 0 Å². The monoisotopic (exact) mass is 205 g/mol. The molecule has 0 atom stereocenters. The Bertz CT molecular complexity index is 375. The summed E-state index contributed by atoms with van der Waals surface area (Å²) in [4.78, 5) is 0. The van der Waals surface area contributed by atoms with Crippen LogP contribution in [0.2, 0.25) is 6.82 Å². The summed E-state index contributed by atoms with van der Waals surface area (Å²) in [6.45, 7) is 4.96. The molecule has 0 saturated heterocycles. The van der Waals surface area contributed by atoms with Crippen molar-refractivity contribution in [3.8, 4) is 5.75 Å². The molecule has 0 saturated carbocycles. The second-order valence-corrected chi connectivity index (χ2v) is 3.49. The van der Waals surface area contributed by atoms with Crippen LogP contribution < -0.4 is 15.9 Å². The standard InChI is InChI=1S/C11H16BNO2/c1-4-11(13)15-10-7-9(12(3)14)6-5-8(10)2/h4-7,14H,13H2,1-3H3. The first-order valence-corrected chi connectivity index (χ1v) is 4.93. The molecule has 0 aromatic heterocycles. The number of rotatable bonds is 3. The predicted molar refractivity (Wildman–Crippen MR) is 63.2 cm³/mol. The first-order chi connectivity index (χ1) is 7.04. The van der Waals surface area contributed by atoms with Crippen molar-refractivity contribution in [2.24, 2.45) is 5.73 Å². The van der Waals surface area contributed by atoms with Crippen molar-refractivity contribution in [2.45, 2.75) is 20.7 Å². The van der Waals surface area contributed by atoms with Crippen LogP contribution in [0.5, 0.6) is 5.75 Å². The molecule has 3 N–H and O–H groups in total. The Labute approximate surface area is 90.7 Å². The molecule has 0 heterocycles. The van der Waals surface area contributed by atoms with Crippen LogP contribution in [-0.2, 0) is 0 Å². The summed E-state index contributed by atoms with van der Waals surface area (Å²) in [5, 5.41) is 9.43. The van der Waals surface area contributed by atoms with Gasteiger partial charge in [-0.2, -0.15) is 0 Å². The molecule has 0 radical (unpaired) electrons. The number of nitrogens with two attached hydrogens (primary N) is 1. The van der Waals surface area contributed by atoms with Crippen molar-refractivity contribution in [3.63, 3.8) is 0 Å². The van der Waals surface area contributed by atoms with Crippen molar-refractivity contribution >= 4 is 12.4 Å². The van der Waals surface area contributed by atoms with E-state index in [1.54, 1.807) is 19.0 Å². The highest BCUT2D eigenvalue weighted by molar-refractivity contribution is 6.64. The van der Waals surface area contributed by atoms with E-state index in [0.717, 1.165) is 11.0 Å². The number of allylic oxidation sites excluding steroid dienone is 1. The lowest BCUT2D eigenvalue weighted by atomic mass is 9.64. The minimum Gasteiger partial charge on any atom is -0.446 e. The summed E-state index contributed by atoms with van der Waals surface area (Å²) >= 11 is 0. The van der Waals surface area contributed by atoms with Crippen LogP contribution in [0.1, 0.15) is 12.5 Å². The van der Waals surface area contributed by atoms with Crippen LogP contribution in [0.3, 0.4) is 0 Å². The largest absolute Gasteiger partial charge is 0.446 e. The molecule has 0 amide bonds. The van der Waals surface area contributed by atoms with Gasteiger partial charge in [-0.05, 0) is 37.0 Å². The van der Waals surface area contributed by atoms with Gasteiger partial charge in [-0.1, -0.05) is 19.0 Å². The highest BCUT2D eigenvalue weighted by atomic mass is 16.5. The van der Waals surface area contributed by atoms with Crippen LogP contribution in [0.25, 0.3) is 0 Å². The van der Waals surface area contributed by atoms with Crippen LogP contribution in [0.15, 0.2) is 30.2 Å². The molecule has 0 fully saturated rings. The SMILES string of the molecule is CC=C(N)Oc1cc(B(C)O)ccc1C. The van der Waals surface area contributed by atoms with Crippen LogP contribution in [-0.4, -0.2) is 11.9 Å². The second kappa shape index (κ2) is 4.89. The van der Waals surface area contributed by atoms with E-state index < -0.39 is 6.92 Å². The third kappa shape index (κ3) is 3.03. The van der Waals surface area contributed by atoms with E-state index in [9.17, 15) is 5.02 Å². The fourth-order valence-corrected chi connectivity index (χ4v) is 1.17. The Morgan fingerprint density at radius 1 is 1.53 bits per heavy atom. The number of ether oxygens (including phenoxy) is 1. The first-order valence-electron chi connectivity index (χ1n) is 4.93. The van der Waals surface area contributed by atoms with Gasteiger partial charge in [0.2, 0.25) is 0 Å². The highest BCUT2D eigenvalue weighted by Crippen LogP contribution is 2.17. The smallest absolute Gasteiger partial charge is 0.320 e. The molecule has 15 heavy (non-hydrogen) atoms. The molecule has 1 rings (SSSR count).